The summed E-state index contributed by atoms with van der Waals surface area (Å²) in [5.74, 6) is -0.592. The van der Waals surface area contributed by atoms with E-state index < -0.39 is 0 Å². The van der Waals surface area contributed by atoms with Gasteiger partial charge < -0.3 is 10.6 Å². The van der Waals surface area contributed by atoms with E-state index in [0.29, 0.717) is 26.8 Å². The summed E-state index contributed by atoms with van der Waals surface area (Å²) in [7, 11) is 0. The smallest absolute Gasteiger partial charge is 0.269 e. The highest BCUT2D eigenvalue weighted by Crippen LogP contribution is 2.35. The zero-order chi connectivity index (χ0) is 21.8. The minimum Gasteiger partial charge on any atom is -0.332 e. The minimum atomic E-state index is -0.378. The Hall–Kier alpha value is -3.26. The van der Waals surface area contributed by atoms with Gasteiger partial charge >= 0.3 is 0 Å². The van der Waals surface area contributed by atoms with Gasteiger partial charge in [-0.1, -0.05) is 54.1 Å². The lowest BCUT2D eigenvalue weighted by Gasteiger charge is -2.11. The summed E-state index contributed by atoms with van der Waals surface area (Å²) in [4.78, 5) is 25.4. The largest absolute Gasteiger partial charge is 0.332 e. The van der Waals surface area contributed by atoms with Crippen LogP contribution in [0.5, 0.6) is 0 Å². The van der Waals surface area contributed by atoms with Crippen LogP contribution in [0.1, 0.15) is 20.0 Å². The van der Waals surface area contributed by atoms with E-state index in [1.807, 2.05) is 30.3 Å². The highest BCUT2D eigenvalue weighted by atomic mass is 35.5. The van der Waals surface area contributed by atoms with Crippen LogP contribution in [0.3, 0.4) is 0 Å². The van der Waals surface area contributed by atoms with Gasteiger partial charge in [-0.05, 0) is 48.6 Å². The first-order chi connectivity index (χ1) is 15.0. The van der Waals surface area contributed by atoms with Crippen LogP contribution in [-0.2, 0) is 0 Å². The average molecular weight is 466 g/mol. The molecule has 0 aliphatic rings. The molecule has 0 saturated carbocycles. The van der Waals surface area contributed by atoms with Crippen molar-refractivity contribution < 1.29 is 9.59 Å². The van der Waals surface area contributed by atoms with Crippen LogP contribution in [0, 0.1) is 0 Å². The van der Waals surface area contributed by atoms with E-state index in [-0.39, 0.29) is 16.9 Å². The number of carbonyl (C=O) groups is 2. The topological polar surface area (TPSA) is 70.2 Å². The Labute approximate surface area is 193 Å². The van der Waals surface area contributed by atoms with E-state index in [0.717, 1.165) is 10.1 Å². The molecule has 0 atom stereocenters. The van der Waals surface area contributed by atoms with Crippen LogP contribution in [-0.4, -0.2) is 16.9 Å². The van der Waals surface area contributed by atoms with Crippen molar-refractivity contribution in [3.05, 3.63) is 94.3 Å². The number of anilines is 2. The Morgan fingerprint density at radius 1 is 0.806 bits per heavy atom. The van der Waals surface area contributed by atoms with Gasteiger partial charge in [0.1, 0.15) is 4.88 Å². The molecule has 4 rings (SSSR count). The summed E-state index contributed by atoms with van der Waals surface area (Å²) in [6.45, 7) is 0. The summed E-state index contributed by atoms with van der Waals surface area (Å²) in [6.07, 6.45) is 0. The van der Waals surface area contributed by atoms with Gasteiger partial charge in [0.05, 0.1) is 5.02 Å². The maximum Gasteiger partial charge on any atom is 0.269 e. The van der Waals surface area contributed by atoms with Crippen molar-refractivity contribution >= 4 is 73.5 Å². The van der Waals surface area contributed by atoms with Crippen molar-refractivity contribution in [2.45, 2.75) is 0 Å². The molecule has 0 fully saturated rings. The minimum absolute atomic E-state index is 0.130. The number of halogens is 1. The van der Waals surface area contributed by atoms with Gasteiger partial charge in [-0.25, -0.2) is 0 Å². The second-order valence-corrected chi connectivity index (χ2v) is 8.39. The Morgan fingerprint density at radius 3 is 2.23 bits per heavy atom. The SMILES string of the molecule is O=C(Nc1cccc(NC(=S)NC(=O)c2sc3ccccc3c2Cl)c1)c1ccccc1. The maximum absolute atomic E-state index is 12.6. The number of rotatable bonds is 4. The first kappa shape index (κ1) is 21.0. The lowest BCUT2D eigenvalue weighted by Crippen LogP contribution is -2.33. The van der Waals surface area contributed by atoms with Crippen LogP contribution < -0.4 is 16.0 Å². The van der Waals surface area contributed by atoms with Crippen LogP contribution in [0.2, 0.25) is 5.02 Å². The summed E-state index contributed by atoms with van der Waals surface area (Å²) < 4.78 is 0.929. The molecule has 2 amide bonds. The fourth-order valence-corrected chi connectivity index (χ4v) is 4.57. The fourth-order valence-electron chi connectivity index (χ4n) is 2.95. The van der Waals surface area contributed by atoms with Gasteiger partial charge in [0.15, 0.2) is 5.11 Å². The normalized spacial score (nSPS) is 10.5. The summed E-state index contributed by atoms with van der Waals surface area (Å²) in [6, 6.07) is 23.5. The Balaban J connectivity index is 1.41. The van der Waals surface area contributed by atoms with E-state index in [1.54, 1.807) is 48.5 Å². The predicted octanol–water partition coefficient (Wildman–Crippen LogP) is 5.93. The van der Waals surface area contributed by atoms with Gasteiger partial charge in [-0.2, -0.15) is 0 Å². The first-order valence-electron chi connectivity index (χ1n) is 9.27. The Morgan fingerprint density at radius 2 is 1.48 bits per heavy atom. The molecule has 154 valence electrons. The molecular weight excluding hydrogens is 450 g/mol. The molecule has 1 aromatic heterocycles. The van der Waals surface area contributed by atoms with E-state index in [2.05, 4.69) is 16.0 Å². The second-order valence-electron chi connectivity index (χ2n) is 6.55. The molecule has 5 nitrogen and oxygen atoms in total. The molecule has 0 radical (unpaired) electrons. The third kappa shape index (κ3) is 4.91. The Bertz CT molecular complexity index is 1290. The molecular formula is C23H16ClN3O2S2. The predicted molar refractivity (Wildman–Crippen MR) is 131 cm³/mol. The standard InChI is InChI=1S/C23H16ClN3O2S2/c24-19-17-11-4-5-12-18(17)31-20(19)22(29)27-23(30)26-16-10-6-9-15(13-16)25-21(28)14-7-2-1-3-8-14/h1-13H,(H,25,28)(H2,26,27,29,30). The summed E-state index contributed by atoms with van der Waals surface area (Å²) >= 11 is 12.9. The molecule has 8 heteroatoms. The third-order valence-corrected chi connectivity index (χ3v) is 6.26. The lowest BCUT2D eigenvalue weighted by atomic mass is 10.2. The van der Waals surface area contributed by atoms with Crippen LogP contribution >= 0.6 is 35.2 Å². The zero-order valence-electron chi connectivity index (χ0n) is 16.0. The molecule has 3 aromatic carbocycles. The Kier molecular flexibility index (Phi) is 6.27. The van der Waals surface area contributed by atoms with Gasteiger partial charge in [0.2, 0.25) is 0 Å². The van der Waals surface area contributed by atoms with Crippen molar-refractivity contribution in [1.82, 2.24) is 5.32 Å². The average Bonchev–Trinajstić information content (AvgIpc) is 3.11. The molecule has 0 aliphatic heterocycles. The molecule has 0 bridgehead atoms. The van der Waals surface area contributed by atoms with Gasteiger partial charge in [0.25, 0.3) is 11.8 Å². The lowest BCUT2D eigenvalue weighted by molar-refractivity contribution is 0.0980. The number of thiocarbonyl (C=S) groups is 1. The molecule has 3 N–H and O–H groups in total. The van der Waals surface area contributed by atoms with Crippen molar-refractivity contribution in [3.8, 4) is 0 Å². The summed E-state index contributed by atoms with van der Waals surface area (Å²) in [5.41, 5.74) is 1.78. The number of amides is 2. The number of hydrogen-bond acceptors (Lipinski definition) is 4. The van der Waals surface area contributed by atoms with E-state index in [9.17, 15) is 9.59 Å². The number of carbonyl (C=O) groups excluding carboxylic acids is 2. The molecule has 0 saturated heterocycles. The van der Waals surface area contributed by atoms with Gasteiger partial charge in [0, 0.05) is 27.0 Å². The first-order valence-corrected chi connectivity index (χ1v) is 10.9. The van der Waals surface area contributed by atoms with E-state index in [4.69, 9.17) is 23.8 Å². The molecule has 0 aliphatic carbocycles. The van der Waals surface area contributed by atoms with E-state index >= 15 is 0 Å². The van der Waals surface area contributed by atoms with Crippen molar-refractivity contribution in [2.75, 3.05) is 10.6 Å². The number of hydrogen-bond donors (Lipinski definition) is 3. The molecule has 0 spiro atoms. The van der Waals surface area contributed by atoms with Crippen LogP contribution in [0.4, 0.5) is 11.4 Å². The number of nitrogens with one attached hydrogen (secondary N) is 3. The number of benzene rings is 3. The second kappa shape index (κ2) is 9.26. The maximum atomic E-state index is 12.6. The van der Waals surface area contributed by atoms with Crippen molar-refractivity contribution in [2.24, 2.45) is 0 Å². The molecule has 31 heavy (non-hydrogen) atoms. The molecule has 1 heterocycles. The monoisotopic (exact) mass is 465 g/mol. The highest BCUT2D eigenvalue weighted by Gasteiger charge is 2.18. The van der Waals surface area contributed by atoms with Crippen LogP contribution in [0.25, 0.3) is 10.1 Å². The quantitative estimate of drug-likeness (QED) is 0.326. The third-order valence-electron chi connectivity index (χ3n) is 4.38. The van der Waals surface area contributed by atoms with Crippen LogP contribution in [0.15, 0.2) is 78.9 Å². The highest BCUT2D eigenvalue weighted by molar-refractivity contribution is 7.80. The van der Waals surface area contributed by atoms with Gasteiger partial charge in [-0.3, -0.25) is 14.9 Å². The van der Waals surface area contributed by atoms with E-state index in [1.165, 1.54) is 11.3 Å². The molecule has 0 unspecified atom stereocenters. The fraction of sp³-hybridized carbons (Fsp3) is 0. The van der Waals surface area contributed by atoms with Gasteiger partial charge in [-0.15, -0.1) is 11.3 Å². The number of fused-ring (bicyclic) bond motifs is 1. The number of thiophene rings is 1. The van der Waals surface area contributed by atoms with Crippen molar-refractivity contribution in [3.63, 3.8) is 0 Å². The summed E-state index contributed by atoms with van der Waals surface area (Å²) in [5, 5.41) is 9.82. The zero-order valence-corrected chi connectivity index (χ0v) is 18.4. The van der Waals surface area contributed by atoms with Crippen molar-refractivity contribution in [1.29, 1.82) is 0 Å². The molecule has 4 aromatic rings.